The van der Waals surface area contributed by atoms with Gasteiger partial charge in [-0.05, 0) is 12.2 Å². The fraction of sp³-hybridized carbons (Fsp3) is 0.300. The molecule has 2 rings (SSSR count). The third-order valence-electron chi connectivity index (χ3n) is 2.66. The number of anilines is 1. The first-order valence-electron chi connectivity index (χ1n) is 5.29. The number of hydrogen-bond acceptors (Lipinski definition) is 6. The van der Waals surface area contributed by atoms with Crippen molar-refractivity contribution in [3.8, 4) is 0 Å². The summed E-state index contributed by atoms with van der Waals surface area (Å²) in [6.45, 7) is 0. The SMILES string of the molecule is CN(C)c1c([N+](=O)[O-])cc(C(F)(F)F)c2sc(=S)[s+]([O-])c12. The van der Waals surface area contributed by atoms with Crippen molar-refractivity contribution >= 4 is 55.1 Å². The molecule has 11 heteroatoms. The predicted molar refractivity (Wildman–Crippen MR) is 77.3 cm³/mol. The largest absolute Gasteiger partial charge is 0.687 e. The first-order chi connectivity index (χ1) is 9.55. The molecule has 0 fully saturated rings. The zero-order valence-electron chi connectivity index (χ0n) is 10.6. The van der Waals surface area contributed by atoms with Gasteiger partial charge in [-0.15, -0.1) is 10.8 Å². The summed E-state index contributed by atoms with van der Waals surface area (Å²) in [4.78, 5) is 11.4. The van der Waals surface area contributed by atoms with Crippen molar-refractivity contribution in [2.75, 3.05) is 19.0 Å². The number of nitro groups is 1. The lowest BCUT2D eigenvalue weighted by Gasteiger charge is -2.15. The summed E-state index contributed by atoms with van der Waals surface area (Å²) in [5.41, 5.74) is -2.05. The number of benzene rings is 1. The fourth-order valence-corrected chi connectivity index (χ4v) is 5.08. The number of nitrogens with zero attached hydrogens (tertiary/aromatic N) is 2. The Morgan fingerprint density at radius 1 is 1.43 bits per heavy atom. The Hall–Kier alpha value is -1.30. The zero-order chi connectivity index (χ0) is 16.1. The fourth-order valence-electron chi connectivity index (χ4n) is 1.88. The average Bonchev–Trinajstić information content (AvgIpc) is 2.62. The van der Waals surface area contributed by atoms with Crippen LogP contribution in [0.3, 0.4) is 0 Å². The third kappa shape index (κ3) is 2.61. The van der Waals surface area contributed by atoms with E-state index in [-0.39, 0.29) is 18.2 Å². The molecule has 0 N–H and O–H groups in total. The molecule has 0 saturated carbocycles. The van der Waals surface area contributed by atoms with E-state index in [1.807, 2.05) is 0 Å². The van der Waals surface area contributed by atoms with Gasteiger partial charge in [0.25, 0.3) is 5.69 Å². The van der Waals surface area contributed by atoms with Crippen LogP contribution in [0.4, 0.5) is 24.5 Å². The highest BCUT2D eigenvalue weighted by molar-refractivity contribution is 7.78. The molecule has 0 aliphatic rings. The molecule has 0 spiro atoms. The Labute approximate surface area is 128 Å². The van der Waals surface area contributed by atoms with Gasteiger partial charge in [0.1, 0.15) is 16.9 Å². The van der Waals surface area contributed by atoms with Crippen molar-refractivity contribution in [3.63, 3.8) is 0 Å². The Balaban J connectivity index is 3.11. The van der Waals surface area contributed by atoms with Crippen molar-refractivity contribution in [1.82, 2.24) is 0 Å². The van der Waals surface area contributed by atoms with Crippen LogP contribution in [0.1, 0.15) is 5.56 Å². The van der Waals surface area contributed by atoms with Crippen LogP contribution in [-0.2, 0) is 6.18 Å². The van der Waals surface area contributed by atoms with E-state index in [2.05, 4.69) is 0 Å². The molecular weight excluding hydrogens is 349 g/mol. The Bertz CT molecular complexity index is 795. The highest BCUT2D eigenvalue weighted by Gasteiger charge is 2.41. The summed E-state index contributed by atoms with van der Waals surface area (Å²) in [6.07, 6.45) is -4.79. The topological polar surface area (TPSA) is 69.4 Å². The smallest absolute Gasteiger partial charge is 0.420 e. The van der Waals surface area contributed by atoms with E-state index in [1.165, 1.54) is 19.0 Å². The monoisotopic (exact) mass is 356 g/mol. The number of fused-ring (bicyclic) bond motifs is 1. The van der Waals surface area contributed by atoms with Gasteiger partial charge < -0.3 is 9.45 Å². The molecule has 1 aromatic carbocycles. The highest BCUT2D eigenvalue weighted by atomic mass is 32.2. The van der Waals surface area contributed by atoms with E-state index in [0.29, 0.717) is 17.4 Å². The minimum absolute atomic E-state index is 0.117. The molecular formula is C10H7F3N2O3S3. The minimum Gasteiger partial charge on any atom is -0.687 e. The summed E-state index contributed by atoms with van der Waals surface area (Å²) < 4.78 is 50.7. The van der Waals surface area contributed by atoms with Gasteiger partial charge in [0.2, 0.25) is 0 Å². The second-order valence-corrected chi connectivity index (χ2v) is 7.78. The standard InChI is InChI=1S/C10H7F3N2O3S3/c1-14(2)6-5(15(16)17)3-4(10(11,12)13)7-8(6)21(18)9(19)20-7/h3H,1-2H3. The molecule has 0 amide bonds. The first kappa shape index (κ1) is 16.1. The molecule has 0 bridgehead atoms. The Kier molecular flexibility index (Phi) is 3.95. The molecule has 0 radical (unpaired) electrons. The summed E-state index contributed by atoms with van der Waals surface area (Å²) in [7, 11) is 0.861. The Morgan fingerprint density at radius 3 is 2.43 bits per heavy atom. The second-order valence-electron chi connectivity index (χ2n) is 4.22. The van der Waals surface area contributed by atoms with Crippen LogP contribution in [0, 0.1) is 13.3 Å². The average molecular weight is 356 g/mol. The predicted octanol–water partition coefficient (Wildman–Crippen LogP) is 4.35. The van der Waals surface area contributed by atoms with Gasteiger partial charge in [-0.25, -0.2) is 0 Å². The summed E-state index contributed by atoms with van der Waals surface area (Å²) in [6, 6.07) is 0.465. The van der Waals surface area contributed by atoms with Gasteiger partial charge in [0, 0.05) is 20.2 Å². The van der Waals surface area contributed by atoms with Crippen molar-refractivity contribution in [2.45, 2.75) is 6.18 Å². The molecule has 1 unspecified atom stereocenters. The quantitative estimate of drug-likeness (QED) is 0.346. The van der Waals surface area contributed by atoms with Crippen molar-refractivity contribution in [3.05, 3.63) is 24.9 Å². The maximum atomic E-state index is 13.1. The summed E-state index contributed by atoms with van der Waals surface area (Å²) in [5.74, 6) is 0. The van der Waals surface area contributed by atoms with E-state index in [1.54, 1.807) is 0 Å². The van der Waals surface area contributed by atoms with E-state index in [9.17, 15) is 27.8 Å². The number of halogens is 3. The molecule has 0 aliphatic heterocycles. The molecule has 1 atom stereocenters. The van der Waals surface area contributed by atoms with Crippen LogP contribution in [0.5, 0.6) is 0 Å². The lowest BCUT2D eigenvalue weighted by atomic mass is 10.1. The van der Waals surface area contributed by atoms with Crippen LogP contribution >= 0.6 is 34.3 Å². The first-order valence-corrected chi connectivity index (χ1v) is 7.66. The minimum atomic E-state index is -4.79. The third-order valence-corrected chi connectivity index (χ3v) is 6.06. The van der Waals surface area contributed by atoms with Crippen molar-refractivity contribution < 1.29 is 22.6 Å². The Morgan fingerprint density at radius 2 is 2.00 bits per heavy atom. The van der Waals surface area contributed by atoms with Gasteiger partial charge in [0.05, 0.1) is 4.92 Å². The number of alkyl halides is 3. The lowest BCUT2D eigenvalue weighted by molar-refractivity contribution is -0.384. The summed E-state index contributed by atoms with van der Waals surface area (Å²) in [5, 5.41) is 11.1. The maximum Gasteiger partial charge on any atom is 0.420 e. The second kappa shape index (κ2) is 5.16. The van der Waals surface area contributed by atoms with Crippen LogP contribution in [0.2, 0.25) is 0 Å². The van der Waals surface area contributed by atoms with Crippen LogP contribution in [-0.4, -0.2) is 23.6 Å². The van der Waals surface area contributed by atoms with E-state index >= 15 is 0 Å². The maximum absolute atomic E-state index is 13.1. The van der Waals surface area contributed by atoms with Crippen LogP contribution in [0.25, 0.3) is 9.40 Å². The number of nitro benzene ring substituents is 1. The molecule has 1 heterocycles. The van der Waals surface area contributed by atoms with Gasteiger partial charge >= 0.3 is 9.31 Å². The molecule has 5 nitrogen and oxygen atoms in total. The van der Waals surface area contributed by atoms with E-state index in [0.717, 1.165) is 0 Å². The lowest BCUT2D eigenvalue weighted by Crippen LogP contribution is -2.13. The van der Waals surface area contributed by atoms with Crippen molar-refractivity contribution in [2.24, 2.45) is 0 Å². The molecule has 0 aliphatic carbocycles. The highest BCUT2D eigenvalue weighted by Crippen LogP contribution is 2.50. The van der Waals surface area contributed by atoms with Crippen molar-refractivity contribution in [1.29, 1.82) is 0 Å². The number of hydrogen-bond donors (Lipinski definition) is 0. The van der Waals surface area contributed by atoms with E-state index < -0.39 is 33.1 Å². The van der Waals surface area contributed by atoms with Crippen LogP contribution < -0.4 is 4.90 Å². The molecule has 21 heavy (non-hydrogen) atoms. The van der Waals surface area contributed by atoms with Gasteiger partial charge in [-0.1, -0.05) is 0 Å². The molecule has 0 saturated heterocycles. The van der Waals surface area contributed by atoms with E-state index in [4.69, 9.17) is 12.2 Å². The zero-order valence-corrected chi connectivity index (χ0v) is 13.0. The van der Waals surface area contributed by atoms with Gasteiger partial charge in [0.15, 0.2) is 15.1 Å². The normalized spacial score (nSPS) is 12.8. The summed E-state index contributed by atoms with van der Waals surface area (Å²) >= 11 is 5.36. The van der Waals surface area contributed by atoms with Crippen LogP contribution in [0.15, 0.2) is 6.07 Å². The van der Waals surface area contributed by atoms with Gasteiger partial charge in [-0.3, -0.25) is 10.1 Å². The van der Waals surface area contributed by atoms with Gasteiger partial charge in [-0.2, -0.15) is 13.2 Å². The molecule has 1 aromatic heterocycles. The molecule has 2 aromatic rings. The molecule has 114 valence electrons. The number of rotatable bonds is 2.